The van der Waals surface area contributed by atoms with Crippen molar-refractivity contribution in [2.24, 2.45) is 0 Å². The molecule has 1 aliphatic heterocycles. The van der Waals surface area contributed by atoms with Gasteiger partial charge in [0.15, 0.2) is 5.78 Å². The molecule has 2 aromatic carbocycles. The molecule has 0 bridgehead atoms. The average molecular weight is 478 g/mol. The molecule has 2 heterocycles. The van der Waals surface area contributed by atoms with Crippen molar-refractivity contribution in [1.29, 1.82) is 0 Å². The third-order valence-electron chi connectivity index (χ3n) is 7.33. The maximum Gasteiger partial charge on any atom is 0.194 e. The van der Waals surface area contributed by atoms with E-state index in [2.05, 4.69) is 17.0 Å². The van der Waals surface area contributed by atoms with Crippen molar-refractivity contribution in [3.8, 4) is 11.5 Å². The Hall–Kier alpha value is -2.37. The molecule has 2 fully saturated rings. The summed E-state index contributed by atoms with van der Waals surface area (Å²) in [6.07, 6.45) is 9.91. The Balaban J connectivity index is 1.29. The van der Waals surface area contributed by atoms with Crippen molar-refractivity contribution in [2.75, 3.05) is 33.4 Å². The Kier molecular flexibility index (Phi) is 7.51. The van der Waals surface area contributed by atoms with E-state index in [1.165, 1.54) is 62.9 Å². The first-order valence-corrected chi connectivity index (χ1v) is 13.6. The zero-order valence-corrected chi connectivity index (χ0v) is 21.0. The third-order valence-corrected chi connectivity index (χ3v) is 8.65. The Bertz CT molecular complexity index is 1110. The molecular formula is C29H35NO3S. The van der Waals surface area contributed by atoms with Gasteiger partial charge in [0.2, 0.25) is 0 Å². The number of carbonyl (C=O) groups is 1. The van der Waals surface area contributed by atoms with E-state index >= 15 is 0 Å². The molecule has 0 radical (unpaired) electrons. The van der Waals surface area contributed by atoms with Gasteiger partial charge in [-0.05, 0) is 93.6 Å². The van der Waals surface area contributed by atoms with Crippen molar-refractivity contribution in [3.63, 3.8) is 0 Å². The van der Waals surface area contributed by atoms with E-state index in [1.54, 1.807) is 18.4 Å². The molecule has 180 valence electrons. The van der Waals surface area contributed by atoms with Crippen LogP contribution in [0.25, 0.3) is 10.1 Å². The fourth-order valence-electron chi connectivity index (χ4n) is 5.44. The summed E-state index contributed by atoms with van der Waals surface area (Å²) in [6, 6.07) is 13.8. The van der Waals surface area contributed by atoms with Gasteiger partial charge in [-0.1, -0.05) is 19.3 Å². The van der Waals surface area contributed by atoms with E-state index in [9.17, 15) is 4.79 Å². The second-order valence-electron chi connectivity index (χ2n) is 9.64. The highest BCUT2D eigenvalue weighted by molar-refractivity contribution is 7.19. The maximum absolute atomic E-state index is 13.7. The molecule has 4 nitrogen and oxygen atoms in total. The van der Waals surface area contributed by atoms with Crippen LogP contribution in [0.2, 0.25) is 0 Å². The summed E-state index contributed by atoms with van der Waals surface area (Å²) >= 11 is 1.77. The highest BCUT2D eigenvalue weighted by Crippen LogP contribution is 2.44. The fourth-order valence-corrected chi connectivity index (χ4v) is 6.84. The summed E-state index contributed by atoms with van der Waals surface area (Å²) in [6.45, 7) is 4.27. The van der Waals surface area contributed by atoms with Crippen LogP contribution in [0.1, 0.15) is 78.1 Å². The van der Waals surface area contributed by atoms with Crippen molar-refractivity contribution in [3.05, 3.63) is 58.5 Å². The molecule has 0 unspecified atom stereocenters. The van der Waals surface area contributed by atoms with Gasteiger partial charge in [0.25, 0.3) is 0 Å². The van der Waals surface area contributed by atoms with Crippen LogP contribution >= 0.6 is 11.3 Å². The van der Waals surface area contributed by atoms with E-state index in [4.69, 9.17) is 9.47 Å². The van der Waals surface area contributed by atoms with Gasteiger partial charge in [-0.15, -0.1) is 11.3 Å². The molecule has 5 heteroatoms. The van der Waals surface area contributed by atoms with Gasteiger partial charge in [-0.2, -0.15) is 0 Å². The molecule has 0 N–H and O–H groups in total. The quantitative estimate of drug-likeness (QED) is 0.244. The maximum atomic E-state index is 13.7. The molecule has 1 saturated heterocycles. The number of carbonyl (C=O) groups excluding carboxylic acids is 1. The number of hydrogen-bond acceptors (Lipinski definition) is 5. The fraction of sp³-hybridized carbons (Fsp3) is 0.483. The minimum Gasteiger partial charge on any atom is -0.497 e. The number of fused-ring (bicyclic) bond motifs is 1. The van der Waals surface area contributed by atoms with E-state index in [0.29, 0.717) is 12.5 Å². The molecule has 1 aromatic heterocycles. The molecule has 2 aliphatic rings. The number of nitrogens with zero attached hydrogens (tertiary/aromatic N) is 1. The summed E-state index contributed by atoms with van der Waals surface area (Å²) in [4.78, 5) is 17.5. The predicted octanol–water partition coefficient (Wildman–Crippen LogP) is 7.05. The lowest BCUT2D eigenvalue weighted by Gasteiger charge is -2.26. The highest BCUT2D eigenvalue weighted by Gasteiger charge is 2.28. The second kappa shape index (κ2) is 10.9. The van der Waals surface area contributed by atoms with Gasteiger partial charge in [-0.25, -0.2) is 0 Å². The second-order valence-corrected chi connectivity index (χ2v) is 10.7. The number of rotatable bonds is 9. The van der Waals surface area contributed by atoms with Crippen LogP contribution in [-0.2, 0) is 0 Å². The Labute approximate surface area is 206 Å². The minimum atomic E-state index is 0.120. The van der Waals surface area contributed by atoms with E-state index in [-0.39, 0.29) is 5.78 Å². The van der Waals surface area contributed by atoms with Crippen LogP contribution in [0, 0.1) is 0 Å². The molecule has 0 atom stereocenters. The average Bonchev–Trinajstić information content (AvgIpc) is 3.55. The normalized spacial score (nSPS) is 17.3. The number of ketones is 1. The lowest BCUT2D eigenvalue weighted by atomic mass is 9.94. The standard InChI is InChI=1S/C29H35NO3S/c1-32-24-14-15-25-26(20-24)34-29(22-8-3-4-9-22)27(25)28(31)21-10-12-23(13-11-21)33-19-7-18-30-16-5-2-6-17-30/h10-15,20,22H,2-9,16-19H2,1H3. The smallest absolute Gasteiger partial charge is 0.194 e. The molecule has 3 aromatic rings. The van der Waals surface area contributed by atoms with Crippen LogP contribution in [0.5, 0.6) is 11.5 Å². The Morgan fingerprint density at radius 1 is 0.971 bits per heavy atom. The molecule has 34 heavy (non-hydrogen) atoms. The van der Waals surface area contributed by atoms with Gasteiger partial charge in [0.1, 0.15) is 11.5 Å². The van der Waals surface area contributed by atoms with E-state index < -0.39 is 0 Å². The largest absolute Gasteiger partial charge is 0.497 e. The van der Waals surface area contributed by atoms with Gasteiger partial charge in [0.05, 0.1) is 13.7 Å². The predicted molar refractivity (Wildman–Crippen MR) is 140 cm³/mol. The van der Waals surface area contributed by atoms with Gasteiger partial charge in [-0.3, -0.25) is 4.79 Å². The number of methoxy groups -OCH3 is 1. The number of piperidine rings is 1. The number of benzene rings is 2. The van der Waals surface area contributed by atoms with Crippen LogP contribution in [0.4, 0.5) is 0 Å². The molecule has 1 saturated carbocycles. The summed E-state index contributed by atoms with van der Waals surface area (Å²) in [5.41, 5.74) is 1.63. The number of hydrogen-bond donors (Lipinski definition) is 0. The number of thiophene rings is 1. The Morgan fingerprint density at radius 2 is 1.71 bits per heavy atom. The number of ether oxygens (including phenoxy) is 2. The number of likely N-dealkylation sites (tertiary alicyclic amines) is 1. The summed E-state index contributed by atoms with van der Waals surface area (Å²) in [5.74, 6) is 2.29. The zero-order chi connectivity index (χ0) is 23.3. The monoisotopic (exact) mass is 477 g/mol. The first-order valence-electron chi connectivity index (χ1n) is 12.8. The third kappa shape index (κ3) is 5.16. The Morgan fingerprint density at radius 3 is 2.44 bits per heavy atom. The van der Waals surface area contributed by atoms with Crippen LogP contribution in [0.15, 0.2) is 42.5 Å². The van der Waals surface area contributed by atoms with Gasteiger partial charge < -0.3 is 14.4 Å². The SMILES string of the molecule is COc1ccc2c(C(=O)c3ccc(OCCCN4CCCCC4)cc3)c(C3CCCC3)sc2c1. The molecule has 0 spiro atoms. The lowest BCUT2D eigenvalue weighted by Crippen LogP contribution is -2.31. The first-order chi connectivity index (χ1) is 16.7. The molecule has 1 aliphatic carbocycles. The first kappa shape index (κ1) is 23.4. The summed E-state index contributed by atoms with van der Waals surface area (Å²) in [7, 11) is 1.69. The molecular weight excluding hydrogens is 442 g/mol. The van der Waals surface area contributed by atoms with Crippen molar-refractivity contribution < 1.29 is 14.3 Å². The van der Waals surface area contributed by atoms with Gasteiger partial charge in [0, 0.05) is 32.6 Å². The van der Waals surface area contributed by atoms with Gasteiger partial charge >= 0.3 is 0 Å². The summed E-state index contributed by atoms with van der Waals surface area (Å²) < 4.78 is 12.5. The highest BCUT2D eigenvalue weighted by atomic mass is 32.1. The van der Waals surface area contributed by atoms with E-state index in [1.807, 2.05) is 30.3 Å². The minimum absolute atomic E-state index is 0.120. The van der Waals surface area contributed by atoms with Crippen LogP contribution in [0.3, 0.4) is 0 Å². The molecule has 0 amide bonds. The van der Waals surface area contributed by atoms with Crippen LogP contribution in [-0.4, -0.2) is 44.0 Å². The van der Waals surface area contributed by atoms with E-state index in [0.717, 1.165) is 45.7 Å². The van der Waals surface area contributed by atoms with Crippen molar-refractivity contribution >= 4 is 27.2 Å². The van der Waals surface area contributed by atoms with Crippen LogP contribution < -0.4 is 9.47 Å². The lowest BCUT2D eigenvalue weighted by molar-refractivity contribution is 0.103. The molecule has 5 rings (SSSR count). The van der Waals surface area contributed by atoms with Crippen molar-refractivity contribution in [2.45, 2.75) is 57.3 Å². The summed E-state index contributed by atoms with van der Waals surface area (Å²) in [5, 5.41) is 1.05. The van der Waals surface area contributed by atoms with Crippen molar-refractivity contribution in [1.82, 2.24) is 4.90 Å². The topological polar surface area (TPSA) is 38.8 Å². The zero-order valence-electron chi connectivity index (χ0n) is 20.2.